The smallest absolute Gasteiger partial charge is 0.0212 e. The van der Waals surface area contributed by atoms with Gasteiger partial charge in [0.15, 0.2) is 0 Å². The van der Waals surface area contributed by atoms with Crippen molar-refractivity contribution in [2.75, 3.05) is 0 Å². The van der Waals surface area contributed by atoms with Gasteiger partial charge in [-0.05, 0) is 47.8 Å². The molecule has 4 unspecified atom stereocenters. The SMILES string of the molecule is CC(C)CC1(C(C)C)C(C)C2CC21. The topological polar surface area (TPSA) is 0 Å². The van der Waals surface area contributed by atoms with Crippen LogP contribution in [0, 0.1) is 35.0 Å². The minimum absolute atomic E-state index is 0.735. The summed E-state index contributed by atoms with van der Waals surface area (Å²) in [5.74, 6) is 5.03. The Hall–Kier alpha value is 0. The molecule has 0 heterocycles. The van der Waals surface area contributed by atoms with Gasteiger partial charge in [-0.1, -0.05) is 34.6 Å². The molecule has 2 fully saturated rings. The van der Waals surface area contributed by atoms with E-state index < -0.39 is 0 Å². The highest BCUT2D eigenvalue weighted by Crippen LogP contribution is 2.75. The van der Waals surface area contributed by atoms with E-state index in [1.165, 1.54) is 6.42 Å². The molecule has 0 nitrogen and oxygen atoms in total. The summed E-state index contributed by atoms with van der Waals surface area (Å²) in [5, 5.41) is 0. The monoisotopic (exact) mass is 180 g/mol. The van der Waals surface area contributed by atoms with Crippen LogP contribution in [0.15, 0.2) is 0 Å². The second-order valence-electron chi connectivity index (χ2n) is 6.16. The Morgan fingerprint density at radius 2 is 1.85 bits per heavy atom. The van der Waals surface area contributed by atoms with E-state index in [4.69, 9.17) is 0 Å². The summed E-state index contributed by atoms with van der Waals surface area (Å²) in [5.41, 5.74) is 0.735. The summed E-state index contributed by atoms with van der Waals surface area (Å²) in [6, 6.07) is 0. The summed E-state index contributed by atoms with van der Waals surface area (Å²) in [6.07, 6.45) is 3.01. The van der Waals surface area contributed by atoms with Crippen LogP contribution in [0.4, 0.5) is 0 Å². The molecule has 2 rings (SSSR count). The molecule has 0 saturated heterocycles. The molecule has 0 bridgehead atoms. The Kier molecular flexibility index (Phi) is 2.02. The molecule has 0 spiro atoms. The van der Waals surface area contributed by atoms with E-state index in [2.05, 4.69) is 34.6 Å². The van der Waals surface area contributed by atoms with E-state index in [0.717, 1.165) is 35.0 Å². The van der Waals surface area contributed by atoms with Crippen LogP contribution in [0.25, 0.3) is 0 Å². The molecule has 4 atom stereocenters. The Balaban J connectivity index is 2.12. The molecule has 0 amide bonds. The van der Waals surface area contributed by atoms with Gasteiger partial charge in [0.25, 0.3) is 0 Å². The van der Waals surface area contributed by atoms with Crippen molar-refractivity contribution in [1.29, 1.82) is 0 Å². The minimum atomic E-state index is 0.735. The lowest BCUT2D eigenvalue weighted by Crippen LogP contribution is -2.46. The Bertz CT molecular complexity index is 200. The lowest BCUT2D eigenvalue weighted by Gasteiger charge is -2.52. The molecule has 0 radical (unpaired) electrons. The van der Waals surface area contributed by atoms with Crippen LogP contribution in [0.1, 0.15) is 47.5 Å². The Morgan fingerprint density at radius 3 is 2.15 bits per heavy atom. The van der Waals surface area contributed by atoms with E-state index in [9.17, 15) is 0 Å². The van der Waals surface area contributed by atoms with Crippen molar-refractivity contribution < 1.29 is 0 Å². The van der Waals surface area contributed by atoms with E-state index in [0.29, 0.717) is 0 Å². The van der Waals surface area contributed by atoms with Gasteiger partial charge < -0.3 is 0 Å². The maximum atomic E-state index is 2.50. The first-order chi connectivity index (χ1) is 6.00. The van der Waals surface area contributed by atoms with Gasteiger partial charge in [-0.15, -0.1) is 0 Å². The standard InChI is InChI=1S/C13H24/c1-8(2)7-13(9(3)4)10(5)11-6-12(11)13/h8-12H,6-7H2,1-5H3. The number of rotatable bonds is 3. The molecule has 0 N–H and O–H groups in total. The highest BCUT2D eigenvalue weighted by Gasteiger charge is 2.69. The Labute approximate surface area is 83.1 Å². The van der Waals surface area contributed by atoms with Gasteiger partial charge in [0, 0.05) is 0 Å². The molecular formula is C13H24. The van der Waals surface area contributed by atoms with Gasteiger partial charge in [-0.3, -0.25) is 0 Å². The lowest BCUT2D eigenvalue weighted by atomic mass is 9.52. The van der Waals surface area contributed by atoms with Gasteiger partial charge >= 0.3 is 0 Å². The van der Waals surface area contributed by atoms with Gasteiger partial charge in [0.05, 0.1) is 0 Å². The van der Waals surface area contributed by atoms with Crippen LogP contribution in [0.3, 0.4) is 0 Å². The number of hydrogen-bond acceptors (Lipinski definition) is 0. The fourth-order valence-corrected chi connectivity index (χ4v) is 4.24. The summed E-state index contributed by atoms with van der Waals surface area (Å²) < 4.78 is 0. The van der Waals surface area contributed by atoms with E-state index in [1.807, 2.05) is 0 Å². The molecule has 0 heteroatoms. The van der Waals surface area contributed by atoms with Gasteiger partial charge in [-0.25, -0.2) is 0 Å². The summed E-state index contributed by atoms with van der Waals surface area (Å²) in [4.78, 5) is 0. The van der Waals surface area contributed by atoms with E-state index in [-0.39, 0.29) is 0 Å². The predicted octanol–water partition coefficient (Wildman–Crippen LogP) is 3.96. The van der Waals surface area contributed by atoms with Crippen molar-refractivity contribution in [3.05, 3.63) is 0 Å². The first-order valence-electron chi connectivity index (χ1n) is 6.00. The summed E-state index contributed by atoms with van der Waals surface area (Å²) in [6.45, 7) is 12.1. The average molecular weight is 180 g/mol. The molecule has 2 saturated carbocycles. The zero-order chi connectivity index (χ0) is 9.80. The third kappa shape index (κ3) is 1.10. The van der Waals surface area contributed by atoms with Gasteiger partial charge in [0.2, 0.25) is 0 Å². The molecule has 13 heavy (non-hydrogen) atoms. The summed E-state index contributed by atoms with van der Waals surface area (Å²) in [7, 11) is 0. The van der Waals surface area contributed by atoms with Crippen molar-refractivity contribution in [2.45, 2.75) is 47.5 Å². The maximum absolute atomic E-state index is 2.50. The second kappa shape index (κ2) is 2.74. The maximum Gasteiger partial charge on any atom is -0.0212 e. The molecule has 0 aromatic carbocycles. The third-order valence-corrected chi connectivity index (χ3v) is 4.86. The molecule has 2 aliphatic carbocycles. The quantitative estimate of drug-likeness (QED) is 0.616. The highest BCUT2D eigenvalue weighted by molar-refractivity contribution is 5.17. The average Bonchev–Trinajstić information content (AvgIpc) is 2.74. The normalized spacial score (nSPS) is 47.8. The van der Waals surface area contributed by atoms with Crippen LogP contribution in [0.2, 0.25) is 0 Å². The van der Waals surface area contributed by atoms with Crippen LogP contribution in [-0.4, -0.2) is 0 Å². The van der Waals surface area contributed by atoms with Crippen LogP contribution >= 0.6 is 0 Å². The van der Waals surface area contributed by atoms with Crippen LogP contribution < -0.4 is 0 Å². The van der Waals surface area contributed by atoms with Crippen molar-refractivity contribution in [2.24, 2.45) is 35.0 Å². The fraction of sp³-hybridized carbons (Fsp3) is 1.00. The zero-order valence-electron chi connectivity index (χ0n) is 9.80. The number of hydrogen-bond donors (Lipinski definition) is 0. The van der Waals surface area contributed by atoms with Gasteiger partial charge in [0.1, 0.15) is 0 Å². The van der Waals surface area contributed by atoms with Crippen molar-refractivity contribution in [3.63, 3.8) is 0 Å². The van der Waals surface area contributed by atoms with Crippen LogP contribution in [-0.2, 0) is 0 Å². The third-order valence-electron chi connectivity index (χ3n) is 4.86. The van der Waals surface area contributed by atoms with Gasteiger partial charge in [-0.2, -0.15) is 0 Å². The molecule has 2 aliphatic rings. The van der Waals surface area contributed by atoms with Crippen molar-refractivity contribution in [1.82, 2.24) is 0 Å². The van der Waals surface area contributed by atoms with E-state index >= 15 is 0 Å². The largest absolute Gasteiger partial charge is 0.0628 e. The zero-order valence-corrected chi connectivity index (χ0v) is 9.80. The molecular weight excluding hydrogens is 156 g/mol. The Morgan fingerprint density at radius 1 is 1.23 bits per heavy atom. The first-order valence-corrected chi connectivity index (χ1v) is 6.00. The van der Waals surface area contributed by atoms with Crippen molar-refractivity contribution in [3.8, 4) is 0 Å². The molecule has 0 aromatic heterocycles. The fourth-order valence-electron chi connectivity index (χ4n) is 4.24. The number of fused-ring (bicyclic) bond motifs is 1. The van der Waals surface area contributed by atoms with Crippen molar-refractivity contribution >= 4 is 0 Å². The minimum Gasteiger partial charge on any atom is -0.0628 e. The highest BCUT2D eigenvalue weighted by atomic mass is 14.7. The van der Waals surface area contributed by atoms with Crippen LogP contribution in [0.5, 0.6) is 0 Å². The predicted molar refractivity (Wildman–Crippen MR) is 57.5 cm³/mol. The van der Waals surface area contributed by atoms with E-state index in [1.54, 1.807) is 6.42 Å². The second-order valence-corrected chi connectivity index (χ2v) is 6.16. The molecule has 76 valence electrons. The lowest BCUT2D eigenvalue weighted by molar-refractivity contribution is -0.0430. The first kappa shape index (κ1) is 9.55. The summed E-state index contributed by atoms with van der Waals surface area (Å²) >= 11 is 0. The molecule has 0 aromatic rings. The molecule has 0 aliphatic heterocycles.